The van der Waals surface area contributed by atoms with Crippen LogP contribution < -0.4 is 5.32 Å². The van der Waals surface area contributed by atoms with Gasteiger partial charge in [-0.15, -0.1) is 0 Å². The van der Waals surface area contributed by atoms with Gasteiger partial charge in [-0.2, -0.15) is 0 Å². The molecule has 0 spiro atoms. The minimum absolute atomic E-state index is 0.366. The van der Waals surface area contributed by atoms with Crippen LogP contribution in [0.3, 0.4) is 0 Å². The number of rotatable bonds is 4. The molecule has 3 rings (SSSR count). The summed E-state index contributed by atoms with van der Waals surface area (Å²) >= 11 is 0. The van der Waals surface area contributed by atoms with Crippen LogP contribution in [0.25, 0.3) is 0 Å². The standard InChI is InChI=1S/C17H24N4/c1-13-8-14(2)10-15(9-13)16(18-3)11-20-6-7-21-5-4-19-17(21)12-20/h4-5,8-10,16,18H,6-7,11-12H2,1-3H3. The lowest BCUT2D eigenvalue weighted by Gasteiger charge is -2.31. The first-order chi connectivity index (χ1) is 10.2. The number of aryl methyl sites for hydroxylation is 2. The Morgan fingerprint density at radius 3 is 2.67 bits per heavy atom. The fraction of sp³-hybridized carbons (Fsp3) is 0.471. The monoisotopic (exact) mass is 284 g/mol. The molecule has 0 saturated heterocycles. The predicted octanol–water partition coefficient (Wildman–Crippen LogP) is 2.28. The maximum Gasteiger partial charge on any atom is 0.122 e. The van der Waals surface area contributed by atoms with Gasteiger partial charge in [0.1, 0.15) is 5.82 Å². The van der Waals surface area contributed by atoms with Gasteiger partial charge in [0, 0.05) is 38.1 Å². The molecule has 1 N–H and O–H groups in total. The lowest BCUT2D eigenvalue weighted by molar-refractivity contribution is 0.197. The molecule has 1 atom stereocenters. The molecule has 0 radical (unpaired) electrons. The van der Waals surface area contributed by atoms with Crippen molar-refractivity contribution in [2.24, 2.45) is 0 Å². The van der Waals surface area contributed by atoms with E-state index in [1.807, 2.05) is 13.2 Å². The molecule has 4 heteroatoms. The van der Waals surface area contributed by atoms with Crippen molar-refractivity contribution in [1.29, 1.82) is 0 Å². The summed E-state index contributed by atoms with van der Waals surface area (Å²) in [6.45, 7) is 8.43. The van der Waals surface area contributed by atoms with Crippen LogP contribution in [0.1, 0.15) is 28.6 Å². The number of aromatic nitrogens is 2. The van der Waals surface area contributed by atoms with Gasteiger partial charge in [0.25, 0.3) is 0 Å². The van der Waals surface area contributed by atoms with Crippen LogP contribution in [0.2, 0.25) is 0 Å². The maximum atomic E-state index is 4.44. The van der Waals surface area contributed by atoms with Crippen molar-refractivity contribution < 1.29 is 0 Å². The van der Waals surface area contributed by atoms with E-state index in [0.29, 0.717) is 6.04 Å². The SMILES string of the molecule is CNC(CN1CCn2ccnc2C1)c1cc(C)cc(C)c1. The Morgan fingerprint density at radius 2 is 1.95 bits per heavy atom. The molecule has 0 bridgehead atoms. The third-order valence-corrected chi connectivity index (χ3v) is 4.26. The second kappa shape index (κ2) is 6.00. The van der Waals surface area contributed by atoms with Crippen molar-refractivity contribution in [3.63, 3.8) is 0 Å². The first-order valence-electron chi connectivity index (χ1n) is 7.63. The van der Waals surface area contributed by atoms with E-state index in [1.54, 1.807) is 0 Å². The van der Waals surface area contributed by atoms with E-state index in [-0.39, 0.29) is 0 Å². The molecule has 2 heterocycles. The van der Waals surface area contributed by atoms with E-state index >= 15 is 0 Å². The quantitative estimate of drug-likeness (QED) is 0.935. The Labute approximate surface area is 126 Å². The first kappa shape index (κ1) is 14.3. The van der Waals surface area contributed by atoms with Crippen LogP contribution in [0.5, 0.6) is 0 Å². The molecule has 0 amide bonds. The Morgan fingerprint density at radius 1 is 1.19 bits per heavy atom. The summed E-state index contributed by atoms with van der Waals surface area (Å²) in [5.41, 5.74) is 4.04. The second-order valence-electron chi connectivity index (χ2n) is 6.03. The number of nitrogens with zero attached hydrogens (tertiary/aromatic N) is 3. The summed E-state index contributed by atoms with van der Waals surface area (Å²) in [4.78, 5) is 6.93. The molecule has 4 nitrogen and oxygen atoms in total. The van der Waals surface area contributed by atoms with Gasteiger partial charge in [-0.3, -0.25) is 4.90 Å². The zero-order valence-corrected chi connectivity index (χ0v) is 13.1. The van der Waals surface area contributed by atoms with Crippen molar-refractivity contribution in [2.75, 3.05) is 20.1 Å². The number of benzene rings is 1. The zero-order chi connectivity index (χ0) is 14.8. The number of fused-ring (bicyclic) bond motifs is 1. The number of hydrogen-bond acceptors (Lipinski definition) is 3. The molecule has 2 aromatic rings. The molecular formula is C17H24N4. The van der Waals surface area contributed by atoms with E-state index in [4.69, 9.17) is 0 Å². The highest BCUT2D eigenvalue weighted by Crippen LogP contribution is 2.20. The van der Waals surface area contributed by atoms with Crippen molar-refractivity contribution in [3.8, 4) is 0 Å². The normalized spacial score (nSPS) is 16.7. The fourth-order valence-electron chi connectivity index (χ4n) is 3.21. The largest absolute Gasteiger partial charge is 0.333 e. The fourth-order valence-corrected chi connectivity index (χ4v) is 3.21. The Bertz CT molecular complexity index is 597. The maximum absolute atomic E-state index is 4.44. The van der Waals surface area contributed by atoms with Crippen LogP contribution in [0, 0.1) is 13.8 Å². The number of nitrogens with one attached hydrogen (secondary N) is 1. The highest BCUT2D eigenvalue weighted by atomic mass is 15.2. The van der Waals surface area contributed by atoms with Crippen LogP contribution in [-0.2, 0) is 13.1 Å². The Kier molecular flexibility index (Phi) is 4.08. The third kappa shape index (κ3) is 3.17. The molecule has 0 aliphatic carbocycles. The topological polar surface area (TPSA) is 33.1 Å². The van der Waals surface area contributed by atoms with Gasteiger partial charge in [0.2, 0.25) is 0 Å². The summed E-state index contributed by atoms with van der Waals surface area (Å²) < 4.78 is 2.25. The second-order valence-corrected chi connectivity index (χ2v) is 6.03. The number of hydrogen-bond donors (Lipinski definition) is 1. The van der Waals surface area contributed by atoms with Crippen LogP contribution >= 0.6 is 0 Å². The van der Waals surface area contributed by atoms with Crippen molar-refractivity contribution in [3.05, 3.63) is 53.1 Å². The van der Waals surface area contributed by atoms with Crippen molar-refractivity contribution in [2.45, 2.75) is 33.0 Å². The average Bonchev–Trinajstić information content (AvgIpc) is 2.91. The van der Waals surface area contributed by atoms with E-state index < -0.39 is 0 Å². The van der Waals surface area contributed by atoms with Gasteiger partial charge in [-0.1, -0.05) is 29.3 Å². The Hall–Kier alpha value is -1.65. The smallest absolute Gasteiger partial charge is 0.122 e. The molecule has 1 aliphatic heterocycles. The molecule has 0 saturated carbocycles. The minimum atomic E-state index is 0.366. The number of likely N-dealkylation sites (N-methyl/N-ethyl adjacent to an activating group) is 1. The van der Waals surface area contributed by atoms with Crippen LogP contribution in [0.15, 0.2) is 30.6 Å². The summed E-state index contributed by atoms with van der Waals surface area (Å²) in [5, 5.41) is 3.47. The molecule has 1 unspecified atom stereocenters. The molecule has 1 aromatic heterocycles. The Balaban J connectivity index is 1.73. The highest BCUT2D eigenvalue weighted by Gasteiger charge is 2.20. The van der Waals surface area contributed by atoms with E-state index in [9.17, 15) is 0 Å². The molecule has 112 valence electrons. The average molecular weight is 284 g/mol. The van der Waals surface area contributed by atoms with Crippen LogP contribution in [0.4, 0.5) is 0 Å². The van der Waals surface area contributed by atoms with Gasteiger partial charge in [0.05, 0.1) is 6.54 Å². The number of imidazole rings is 1. The van der Waals surface area contributed by atoms with Crippen LogP contribution in [-0.4, -0.2) is 34.6 Å². The summed E-state index contributed by atoms with van der Waals surface area (Å²) in [7, 11) is 2.05. The van der Waals surface area contributed by atoms with Gasteiger partial charge < -0.3 is 9.88 Å². The molecule has 1 aliphatic rings. The van der Waals surface area contributed by atoms with Crippen molar-refractivity contribution in [1.82, 2.24) is 19.8 Å². The van der Waals surface area contributed by atoms with Gasteiger partial charge in [-0.25, -0.2) is 4.98 Å². The molecule has 21 heavy (non-hydrogen) atoms. The van der Waals surface area contributed by atoms with E-state index in [2.05, 4.69) is 58.0 Å². The van der Waals surface area contributed by atoms with E-state index in [0.717, 1.165) is 26.2 Å². The van der Waals surface area contributed by atoms with E-state index in [1.165, 1.54) is 22.5 Å². The zero-order valence-electron chi connectivity index (χ0n) is 13.1. The highest BCUT2D eigenvalue weighted by molar-refractivity contribution is 5.31. The first-order valence-corrected chi connectivity index (χ1v) is 7.63. The summed E-state index contributed by atoms with van der Waals surface area (Å²) in [6, 6.07) is 7.18. The summed E-state index contributed by atoms with van der Waals surface area (Å²) in [6.07, 6.45) is 3.98. The van der Waals surface area contributed by atoms with Gasteiger partial charge in [-0.05, 0) is 26.5 Å². The predicted molar refractivity (Wildman–Crippen MR) is 85.2 cm³/mol. The van der Waals surface area contributed by atoms with Gasteiger partial charge in [0.15, 0.2) is 0 Å². The lowest BCUT2D eigenvalue weighted by Crippen LogP contribution is -2.39. The summed E-state index contributed by atoms with van der Waals surface area (Å²) in [5.74, 6) is 1.18. The third-order valence-electron chi connectivity index (χ3n) is 4.26. The van der Waals surface area contributed by atoms with Gasteiger partial charge >= 0.3 is 0 Å². The lowest BCUT2D eigenvalue weighted by atomic mass is 10.0. The molecule has 1 aromatic carbocycles. The molecular weight excluding hydrogens is 260 g/mol. The molecule has 0 fully saturated rings. The van der Waals surface area contributed by atoms with Crippen molar-refractivity contribution >= 4 is 0 Å². The minimum Gasteiger partial charge on any atom is -0.333 e.